The van der Waals surface area contributed by atoms with Crippen molar-refractivity contribution in [3.8, 4) is 0 Å². The highest BCUT2D eigenvalue weighted by molar-refractivity contribution is 5.89. The molecule has 2 aromatic rings. The average molecular weight is 420 g/mol. The summed E-state index contributed by atoms with van der Waals surface area (Å²) in [4.78, 5) is 26.2. The first-order valence-corrected chi connectivity index (χ1v) is 9.54. The van der Waals surface area contributed by atoms with Gasteiger partial charge in [0.05, 0.1) is 18.1 Å². The summed E-state index contributed by atoms with van der Waals surface area (Å²) in [5.74, 6) is -1.01. The Bertz CT molecular complexity index is 914. The van der Waals surface area contributed by atoms with Crippen LogP contribution in [0.25, 0.3) is 0 Å². The summed E-state index contributed by atoms with van der Waals surface area (Å²) >= 11 is 0. The number of hydrogen-bond donors (Lipinski definition) is 1. The van der Waals surface area contributed by atoms with Crippen molar-refractivity contribution in [2.45, 2.75) is 32.3 Å². The third-order valence-electron chi connectivity index (χ3n) is 4.98. The Labute approximate surface area is 172 Å². The first-order valence-electron chi connectivity index (χ1n) is 9.54. The summed E-state index contributed by atoms with van der Waals surface area (Å²) in [7, 11) is 1.61. The molecule has 0 aliphatic carbocycles. The number of ether oxygens (including phenoxy) is 1. The molecule has 0 unspecified atom stereocenters. The summed E-state index contributed by atoms with van der Waals surface area (Å²) < 4.78 is 43.7. The van der Waals surface area contributed by atoms with Gasteiger partial charge in [0.15, 0.2) is 0 Å². The van der Waals surface area contributed by atoms with E-state index in [4.69, 9.17) is 4.74 Å². The quantitative estimate of drug-likeness (QED) is 0.746. The summed E-state index contributed by atoms with van der Waals surface area (Å²) in [5.41, 5.74) is 1.54. The van der Waals surface area contributed by atoms with E-state index in [-0.39, 0.29) is 31.3 Å². The predicted molar refractivity (Wildman–Crippen MR) is 104 cm³/mol. The van der Waals surface area contributed by atoms with Gasteiger partial charge < -0.3 is 15.0 Å². The lowest BCUT2D eigenvalue weighted by Gasteiger charge is -2.18. The van der Waals surface area contributed by atoms with Gasteiger partial charge in [0.1, 0.15) is 0 Å². The first kappa shape index (κ1) is 21.8. The molecule has 30 heavy (non-hydrogen) atoms. The van der Waals surface area contributed by atoms with Gasteiger partial charge in [0, 0.05) is 33.2 Å². The molecule has 2 aromatic carbocycles. The van der Waals surface area contributed by atoms with Crippen LogP contribution >= 0.6 is 0 Å². The molecule has 3 rings (SSSR count). The smallest absolute Gasteiger partial charge is 0.380 e. The van der Waals surface area contributed by atoms with Gasteiger partial charge >= 0.3 is 6.18 Å². The Morgan fingerprint density at radius 3 is 2.57 bits per heavy atom. The van der Waals surface area contributed by atoms with Crippen molar-refractivity contribution in [3.05, 3.63) is 70.8 Å². The van der Waals surface area contributed by atoms with E-state index in [1.807, 2.05) is 24.3 Å². The molecule has 1 atom stereocenters. The Hall–Kier alpha value is -2.87. The SMILES string of the molecule is COCc1cccc(CNC(=O)[C@H]2CC(=O)N(Cc3cccc(C(F)(F)F)c3)C2)c1. The third-order valence-corrected chi connectivity index (χ3v) is 4.98. The molecule has 0 spiro atoms. The minimum atomic E-state index is -4.44. The summed E-state index contributed by atoms with van der Waals surface area (Å²) in [6.07, 6.45) is -4.39. The highest BCUT2D eigenvalue weighted by atomic mass is 19.4. The third kappa shape index (κ3) is 5.60. The van der Waals surface area contributed by atoms with Crippen molar-refractivity contribution in [3.63, 3.8) is 0 Å². The summed E-state index contributed by atoms with van der Waals surface area (Å²) in [6, 6.07) is 12.5. The fourth-order valence-electron chi connectivity index (χ4n) is 3.50. The number of methoxy groups -OCH3 is 1. The molecule has 1 aliphatic rings. The second kappa shape index (κ2) is 9.30. The van der Waals surface area contributed by atoms with Crippen LogP contribution in [0.3, 0.4) is 0 Å². The Morgan fingerprint density at radius 1 is 1.13 bits per heavy atom. The Morgan fingerprint density at radius 2 is 1.83 bits per heavy atom. The number of rotatable bonds is 7. The summed E-state index contributed by atoms with van der Waals surface area (Å²) in [5, 5.41) is 2.84. The molecule has 1 aliphatic heterocycles. The maximum Gasteiger partial charge on any atom is 0.416 e. The number of alkyl halides is 3. The van der Waals surface area contributed by atoms with Crippen LogP contribution in [-0.2, 0) is 40.2 Å². The van der Waals surface area contributed by atoms with Crippen LogP contribution in [0.15, 0.2) is 48.5 Å². The van der Waals surface area contributed by atoms with Gasteiger partial charge in [-0.3, -0.25) is 9.59 Å². The normalized spacial score (nSPS) is 16.7. The molecule has 1 N–H and O–H groups in total. The predicted octanol–water partition coefficient (Wildman–Crippen LogP) is 3.52. The number of hydrogen-bond acceptors (Lipinski definition) is 3. The van der Waals surface area contributed by atoms with E-state index in [9.17, 15) is 22.8 Å². The van der Waals surface area contributed by atoms with Gasteiger partial charge in [0.2, 0.25) is 11.8 Å². The number of amides is 2. The zero-order valence-corrected chi connectivity index (χ0v) is 16.5. The Balaban J connectivity index is 1.56. The molecule has 5 nitrogen and oxygen atoms in total. The van der Waals surface area contributed by atoms with Gasteiger partial charge in [-0.05, 0) is 28.8 Å². The van der Waals surface area contributed by atoms with Crippen LogP contribution in [0, 0.1) is 5.92 Å². The van der Waals surface area contributed by atoms with Crippen molar-refractivity contribution in [1.82, 2.24) is 10.2 Å². The molecule has 0 aromatic heterocycles. The molecule has 2 amide bonds. The monoisotopic (exact) mass is 420 g/mol. The standard InChI is InChI=1S/C22H23F3N2O3/c1-30-14-17-6-2-4-15(8-17)11-26-21(29)18-10-20(28)27(13-18)12-16-5-3-7-19(9-16)22(23,24)25/h2-9,18H,10-14H2,1H3,(H,26,29)/t18-/m0/s1. The second-order valence-electron chi connectivity index (χ2n) is 7.34. The average Bonchev–Trinajstić information content (AvgIpc) is 3.07. The van der Waals surface area contributed by atoms with Crippen molar-refractivity contribution in [2.24, 2.45) is 5.92 Å². The molecule has 0 bridgehead atoms. The van der Waals surface area contributed by atoms with Crippen LogP contribution in [0.4, 0.5) is 13.2 Å². The minimum Gasteiger partial charge on any atom is -0.380 e. The van der Waals surface area contributed by atoms with Gasteiger partial charge in [-0.2, -0.15) is 13.2 Å². The molecular weight excluding hydrogens is 397 g/mol. The number of carbonyl (C=O) groups is 2. The van der Waals surface area contributed by atoms with Crippen LogP contribution in [0.5, 0.6) is 0 Å². The van der Waals surface area contributed by atoms with Gasteiger partial charge in [0.25, 0.3) is 0 Å². The van der Waals surface area contributed by atoms with Gasteiger partial charge in [-0.15, -0.1) is 0 Å². The number of benzene rings is 2. The van der Waals surface area contributed by atoms with E-state index < -0.39 is 17.7 Å². The van der Waals surface area contributed by atoms with E-state index >= 15 is 0 Å². The lowest BCUT2D eigenvalue weighted by atomic mass is 10.1. The lowest BCUT2D eigenvalue weighted by Crippen LogP contribution is -2.32. The van der Waals surface area contributed by atoms with Gasteiger partial charge in [-0.1, -0.05) is 36.4 Å². The summed E-state index contributed by atoms with van der Waals surface area (Å²) in [6.45, 7) is 1.04. The van der Waals surface area contributed by atoms with Gasteiger partial charge in [-0.25, -0.2) is 0 Å². The molecular formula is C22H23F3N2O3. The first-order chi connectivity index (χ1) is 14.3. The molecule has 0 saturated carbocycles. The minimum absolute atomic E-state index is 0.0472. The molecule has 160 valence electrons. The lowest BCUT2D eigenvalue weighted by molar-refractivity contribution is -0.137. The van der Waals surface area contributed by atoms with E-state index in [1.54, 1.807) is 13.2 Å². The van der Waals surface area contributed by atoms with Crippen molar-refractivity contribution >= 4 is 11.8 Å². The van der Waals surface area contributed by atoms with Crippen LogP contribution < -0.4 is 5.32 Å². The zero-order chi connectivity index (χ0) is 21.7. The van der Waals surface area contributed by atoms with Crippen molar-refractivity contribution in [2.75, 3.05) is 13.7 Å². The number of nitrogens with zero attached hydrogens (tertiary/aromatic N) is 1. The maximum atomic E-state index is 12.9. The number of likely N-dealkylation sites (tertiary alicyclic amines) is 1. The van der Waals surface area contributed by atoms with E-state index in [2.05, 4.69) is 5.32 Å². The molecule has 1 heterocycles. The van der Waals surface area contributed by atoms with E-state index in [0.717, 1.165) is 23.3 Å². The molecule has 8 heteroatoms. The van der Waals surface area contributed by atoms with Crippen LogP contribution in [-0.4, -0.2) is 30.4 Å². The molecule has 1 saturated heterocycles. The van der Waals surface area contributed by atoms with E-state index in [1.165, 1.54) is 11.0 Å². The van der Waals surface area contributed by atoms with Crippen LogP contribution in [0.2, 0.25) is 0 Å². The largest absolute Gasteiger partial charge is 0.416 e. The molecule has 1 fully saturated rings. The Kier molecular flexibility index (Phi) is 6.77. The van der Waals surface area contributed by atoms with E-state index in [0.29, 0.717) is 18.7 Å². The number of halogens is 3. The number of nitrogens with one attached hydrogen (secondary N) is 1. The van der Waals surface area contributed by atoms with Crippen molar-refractivity contribution in [1.29, 1.82) is 0 Å². The van der Waals surface area contributed by atoms with Crippen molar-refractivity contribution < 1.29 is 27.5 Å². The van der Waals surface area contributed by atoms with Crippen LogP contribution in [0.1, 0.15) is 28.7 Å². The topological polar surface area (TPSA) is 58.6 Å². The fourth-order valence-corrected chi connectivity index (χ4v) is 3.50. The maximum absolute atomic E-state index is 12.9. The highest BCUT2D eigenvalue weighted by Gasteiger charge is 2.35. The molecule has 0 radical (unpaired) electrons. The highest BCUT2D eigenvalue weighted by Crippen LogP contribution is 2.30. The fraction of sp³-hybridized carbons (Fsp3) is 0.364. The number of carbonyl (C=O) groups excluding carboxylic acids is 2. The second-order valence-corrected chi connectivity index (χ2v) is 7.34. The zero-order valence-electron chi connectivity index (χ0n) is 16.5.